The van der Waals surface area contributed by atoms with Crippen molar-refractivity contribution < 1.29 is 13.9 Å². The van der Waals surface area contributed by atoms with E-state index in [9.17, 15) is 14.4 Å². The summed E-state index contributed by atoms with van der Waals surface area (Å²) in [5.74, 6) is -0.535. The standard InChI is InChI=1S/C19H28FNO2/c1-2-3-4-5-6-7-8-9-15-21(23)16-14-19(22)17-10-12-18(20)13-11-17/h10-13,16H,2-9,14-15H2,1H3/b21-16-. The number of halogens is 1. The molecule has 0 aliphatic carbocycles. The van der Waals surface area contributed by atoms with Gasteiger partial charge in [-0.25, -0.2) is 9.13 Å². The lowest BCUT2D eigenvalue weighted by Crippen LogP contribution is -2.10. The van der Waals surface area contributed by atoms with Crippen LogP contribution in [0.15, 0.2) is 24.3 Å². The Morgan fingerprint density at radius 1 is 1.04 bits per heavy atom. The Kier molecular flexibility index (Phi) is 9.92. The molecule has 0 saturated carbocycles. The van der Waals surface area contributed by atoms with Crippen LogP contribution in [0.4, 0.5) is 4.39 Å². The van der Waals surface area contributed by atoms with Crippen LogP contribution < -0.4 is 0 Å². The highest BCUT2D eigenvalue weighted by molar-refractivity contribution is 6.02. The molecule has 4 heteroatoms. The van der Waals surface area contributed by atoms with E-state index in [0.717, 1.165) is 17.6 Å². The number of rotatable bonds is 12. The van der Waals surface area contributed by atoms with E-state index in [-0.39, 0.29) is 18.0 Å². The van der Waals surface area contributed by atoms with E-state index in [1.165, 1.54) is 69.0 Å². The molecule has 0 amide bonds. The Balaban J connectivity index is 2.14. The monoisotopic (exact) mass is 321 g/mol. The molecule has 0 bridgehead atoms. The molecule has 0 aromatic heterocycles. The zero-order chi connectivity index (χ0) is 16.9. The summed E-state index contributed by atoms with van der Waals surface area (Å²) in [6.07, 6.45) is 10.9. The Hall–Kier alpha value is -1.71. The fraction of sp³-hybridized carbons (Fsp3) is 0.579. The van der Waals surface area contributed by atoms with Gasteiger partial charge in [0.1, 0.15) is 5.82 Å². The van der Waals surface area contributed by atoms with Crippen LogP contribution in [0.2, 0.25) is 0 Å². The van der Waals surface area contributed by atoms with Crippen LogP contribution in [0.25, 0.3) is 0 Å². The number of hydrogen-bond donors (Lipinski definition) is 0. The summed E-state index contributed by atoms with van der Waals surface area (Å²) in [4.78, 5) is 11.8. The lowest BCUT2D eigenvalue weighted by molar-refractivity contribution is -0.454. The molecule has 1 aromatic rings. The number of nitrogens with zero attached hydrogens (tertiary/aromatic N) is 1. The van der Waals surface area contributed by atoms with Gasteiger partial charge in [0, 0.05) is 12.0 Å². The van der Waals surface area contributed by atoms with E-state index in [4.69, 9.17) is 0 Å². The summed E-state index contributed by atoms with van der Waals surface area (Å²) in [7, 11) is 0. The van der Waals surface area contributed by atoms with Crippen molar-refractivity contribution in [3.63, 3.8) is 0 Å². The van der Waals surface area contributed by atoms with Gasteiger partial charge >= 0.3 is 0 Å². The SMILES string of the molecule is CCCCCCCCCC/[N+]([O-])=C/CC(=O)c1ccc(F)cc1. The third-order valence-corrected chi connectivity index (χ3v) is 3.88. The smallest absolute Gasteiger partial charge is 0.172 e. The minimum atomic E-state index is -0.370. The van der Waals surface area contributed by atoms with E-state index >= 15 is 0 Å². The molecule has 0 fully saturated rings. The molecule has 1 aromatic carbocycles. The number of hydrogen-bond acceptors (Lipinski definition) is 2. The van der Waals surface area contributed by atoms with Crippen molar-refractivity contribution in [3.8, 4) is 0 Å². The number of ketones is 1. The summed E-state index contributed by atoms with van der Waals surface area (Å²) in [6, 6.07) is 5.39. The van der Waals surface area contributed by atoms with Gasteiger partial charge in [0.2, 0.25) is 0 Å². The summed E-state index contributed by atoms with van der Waals surface area (Å²) >= 11 is 0. The van der Waals surface area contributed by atoms with Crippen molar-refractivity contribution in [1.29, 1.82) is 0 Å². The Bertz CT molecular complexity index is 483. The van der Waals surface area contributed by atoms with Gasteiger partial charge in [-0.05, 0) is 30.7 Å². The molecule has 1 rings (SSSR count). The fourth-order valence-corrected chi connectivity index (χ4v) is 2.43. The topological polar surface area (TPSA) is 43.1 Å². The third kappa shape index (κ3) is 9.11. The first-order valence-electron chi connectivity index (χ1n) is 8.69. The summed E-state index contributed by atoms with van der Waals surface area (Å²) in [6.45, 7) is 2.64. The molecule has 0 aliphatic rings. The third-order valence-electron chi connectivity index (χ3n) is 3.88. The van der Waals surface area contributed by atoms with Crippen molar-refractivity contribution in [3.05, 3.63) is 40.9 Å². The first kappa shape index (κ1) is 19.3. The van der Waals surface area contributed by atoms with Crippen LogP contribution in [0, 0.1) is 11.0 Å². The van der Waals surface area contributed by atoms with E-state index in [1.54, 1.807) is 0 Å². The van der Waals surface area contributed by atoms with Crippen LogP contribution in [-0.4, -0.2) is 23.3 Å². The van der Waals surface area contributed by atoms with Crippen molar-refractivity contribution in [2.45, 2.75) is 64.7 Å². The molecular formula is C19H28FNO2. The predicted octanol–water partition coefficient (Wildman–Crippen LogP) is 5.12. The van der Waals surface area contributed by atoms with Gasteiger partial charge in [-0.2, -0.15) is 0 Å². The molecule has 128 valence electrons. The minimum absolute atomic E-state index is 0.0617. The summed E-state index contributed by atoms with van der Waals surface area (Å²) in [5, 5.41) is 11.7. The maximum atomic E-state index is 12.8. The van der Waals surface area contributed by atoms with Crippen molar-refractivity contribution in [2.24, 2.45) is 0 Å². The second kappa shape index (κ2) is 11.8. The summed E-state index contributed by atoms with van der Waals surface area (Å²) < 4.78 is 13.6. The molecule has 0 radical (unpaired) electrons. The van der Waals surface area contributed by atoms with E-state index in [1.807, 2.05) is 0 Å². The van der Waals surface area contributed by atoms with Gasteiger partial charge in [0.15, 0.2) is 18.5 Å². The molecule has 0 aliphatic heterocycles. The molecule has 3 nitrogen and oxygen atoms in total. The number of carbonyl (C=O) groups is 1. The van der Waals surface area contributed by atoms with E-state index < -0.39 is 0 Å². The second-order valence-corrected chi connectivity index (χ2v) is 5.93. The average Bonchev–Trinajstić information content (AvgIpc) is 2.55. The highest BCUT2D eigenvalue weighted by atomic mass is 19.1. The molecule has 0 heterocycles. The number of Topliss-reactive ketones (excluding diaryl/α,β-unsaturated/α-hetero) is 1. The molecular weight excluding hydrogens is 293 g/mol. The first-order chi connectivity index (χ1) is 11.1. The first-order valence-corrected chi connectivity index (χ1v) is 8.69. The highest BCUT2D eigenvalue weighted by Crippen LogP contribution is 2.08. The maximum absolute atomic E-state index is 12.8. The quantitative estimate of drug-likeness (QED) is 0.134. The number of unbranched alkanes of at least 4 members (excludes halogenated alkanes) is 7. The molecule has 0 saturated heterocycles. The van der Waals surface area contributed by atoms with E-state index in [2.05, 4.69) is 6.92 Å². The van der Waals surface area contributed by atoms with Gasteiger partial charge < -0.3 is 5.21 Å². The van der Waals surface area contributed by atoms with Gasteiger partial charge in [-0.1, -0.05) is 45.4 Å². The number of hydroxylamine groups is 1. The van der Waals surface area contributed by atoms with Gasteiger partial charge in [0.25, 0.3) is 0 Å². The molecule has 0 N–H and O–H groups in total. The lowest BCUT2D eigenvalue weighted by atomic mass is 10.1. The van der Waals surface area contributed by atoms with Crippen LogP contribution in [0.3, 0.4) is 0 Å². The Morgan fingerprint density at radius 2 is 1.61 bits per heavy atom. The second-order valence-electron chi connectivity index (χ2n) is 5.93. The van der Waals surface area contributed by atoms with Gasteiger partial charge in [-0.15, -0.1) is 0 Å². The lowest BCUT2D eigenvalue weighted by Gasteiger charge is -2.04. The van der Waals surface area contributed by atoms with E-state index in [0.29, 0.717) is 12.1 Å². The molecule has 0 atom stereocenters. The zero-order valence-electron chi connectivity index (χ0n) is 14.1. The van der Waals surface area contributed by atoms with Crippen molar-refractivity contribution >= 4 is 12.0 Å². The molecule has 23 heavy (non-hydrogen) atoms. The van der Waals surface area contributed by atoms with Crippen LogP contribution in [-0.2, 0) is 0 Å². The zero-order valence-corrected chi connectivity index (χ0v) is 14.1. The predicted molar refractivity (Wildman–Crippen MR) is 92.5 cm³/mol. The van der Waals surface area contributed by atoms with Crippen LogP contribution in [0.5, 0.6) is 0 Å². The van der Waals surface area contributed by atoms with Crippen LogP contribution >= 0.6 is 0 Å². The van der Waals surface area contributed by atoms with Gasteiger partial charge in [0.05, 0.1) is 6.42 Å². The number of benzene rings is 1. The highest BCUT2D eigenvalue weighted by Gasteiger charge is 2.06. The largest absolute Gasteiger partial charge is 0.624 e. The minimum Gasteiger partial charge on any atom is -0.624 e. The molecule has 0 spiro atoms. The Morgan fingerprint density at radius 3 is 2.22 bits per heavy atom. The summed E-state index contributed by atoms with van der Waals surface area (Å²) in [5.41, 5.74) is 0.433. The average molecular weight is 321 g/mol. The Labute approximate surface area is 138 Å². The fourth-order valence-electron chi connectivity index (χ4n) is 2.43. The van der Waals surface area contributed by atoms with Crippen molar-refractivity contribution in [2.75, 3.05) is 6.54 Å². The van der Waals surface area contributed by atoms with Gasteiger partial charge in [-0.3, -0.25) is 4.79 Å². The normalized spacial score (nSPS) is 11.7. The maximum Gasteiger partial charge on any atom is 0.172 e. The van der Waals surface area contributed by atoms with Crippen molar-refractivity contribution in [1.82, 2.24) is 0 Å². The molecule has 0 unspecified atom stereocenters. The van der Waals surface area contributed by atoms with Crippen LogP contribution in [0.1, 0.15) is 75.1 Å². The number of carbonyl (C=O) groups excluding carboxylic acids is 1.